The Labute approximate surface area is 61.4 Å². The zero-order chi connectivity index (χ0) is 7.61. The molecule has 0 aromatic heterocycles. The third kappa shape index (κ3) is 1.48. The zero-order valence-electron chi connectivity index (χ0n) is 6.42. The molecular weight excluding hydrogens is 130 g/mol. The van der Waals surface area contributed by atoms with Crippen LogP contribution in [0.15, 0.2) is 0 Å². The van der Waals surface area contributed by atoms with E-state index in [9.17, 15) is 5.21 Å². The Morgan fingerprint density at radius 2 is 2.30 bits per heavy atom. The van der Waals surface area contributed by atoms with E-state index in [4.69, 9.17) is 5.11 Å². The third-order valence-corrected chi connectivity index (χ3v) is 2.37. The van der Waals surface area contributed by atoms with Crippen molar-refractivity contribution in [2.45, 2.75) is 25.3 Å². The molecule has 1 rings (SSSR count). The molecule has 10 heavy (non-hydrogen) atoms. The summed E-state index contributed by atoms with van der Waals surface area (Å²) < 4.78 is -0.240. The fourth-order valence-corrected chi connectivity index (χ4v) is 1.53. The summed E-state index contributed by atoms with van der Waals surface area (Å²) in [5.74, 6) is 0. The molecule has 1 saturated heterocycles. The highest BCUT2D eigenvalue weighted by Gasteiger charge is 2.26. The summed E-state index contributed by atoms with van der Waals surface area (Å²) in [6, 6.07) is -0.0613. The topological polar surface area (TPSA) is 43.3 Å². The van der Waals surface area contributed by atoms with E-state index < -0.39 is 0 Å². The molecule has 1 aliphatic heterocycles. The monoisotopic (exact) mass is 145 g/mol. The van der Waals surface area contributed by atoms with Crippen molar-refractivity contribution in [2.75, 3.05) is 20.2 Å². The molecule has 0 radical (unpaired) electrons. The number of hydrogen-bond donors (Lipinski definition) is 1. The van der Waals surface area contributed by atoms with E-state index in [0.29, 0.717) is 6.54 Å². The lowest BCUT2D eigenvalue weighted by Crippen LogP contribution is -2.52. The Balaban J connectivity index is 2.51. The predicted octanol–water partition coefficient (Wildman–Crippen LogP) is 0.476. The standard InChI is InChI=1S/C7H15NO2/c1-8(10)5-3-2-4-7(8)6-9/h7,9H,2-6H2,1H3. The number of hydrogen-bond acceptors (Lipinski definition) is 2. The van der Waals surface area contributed by atoms with E-state index >= 15 is 0 Å². The fraction of sp³-hybridized carbons (Fsp3) is 1.00. The first-order valence-electron chi connectivity index (χ1n) is 3.84. The van der Waals surface area contributed by atoms with Crippen molar-refractivity contribution in [2.24, 2.45) is 0 Å². The Hall–Kier alpha value is -0.120. The summed E-state index contributed by atoms with van der Waals surface area (Å²) in [7, 11) is 1.65. The highest BCUT2D eigenvalue weighted by atomic mass is 16.5. The van der Waals surface area contributed by atoms with Crippen molar-refractivity contribution < 1.29 is 9.75 Å². The van der Waals surface area contributed by atoms with Crippen molar-refractivity contribution in [3.8, 4) is 0 Å². The Morgan fingerprint density at radius 1 is 1.60 bits per heavy atom. The van der Waals surface area contributed by atoms with Crippen LogP contribution in [0.3, 0.4) is 0 Å². The van der Waals surface area contributed by atoms with Gasteiger partial charge in [0.2, 0.25) is 0 Å². The molecular formula is C7H15NO2. The van der Waals surface area contributed by atoms with Gasteiger partial charge < -0.3 is 15.0 Å². The van der Waals surface area contributed by atoms with Crippen LogP contribution in [0.4, 0.5) is 0 Å². The first kappa shape index (κ1) is 7.98. The molecule has 1 heterocycles. The van der Waals surface area contributed by atoms with Crippen LogP contribution < -0.4 is 0 Å². The number of piperidine rings is 1. The first-order valence-corrected chi connectivity index (χ1v) is 3.84. The minimum absolute atomic E-state index is 0.0417. The quantitative estimate of drug-likeness (QED) is 0.430. The molecule has 60 valence electrons. The maximum absolute atomic E-state index is 11.5. The summed E-state index contributed by atoms with van der Waals surface area (Å²) in [6.45, 7) is 0.714. The number of aliphatic hydroxyl groups is 1. The van der Waals surface area contributed by atoms with Gasteiger partial charge in [0.25, 0.3) is 0 Å². The number of likely N-dealkylation sites (tertiary alicyclic amines) is 1. The summed E-state index contributed by atoms with van der Waals surface area (Å²) >= 11 is 0. The van der Waals surface area contributed by atoms with Gasteiger partial charge in [0.05, 0.1) is 20.2 Å². The maximum atomic E-state index is 11.5. The van der Waals surface area contributed by atoms with E-state index in [2.05, 4.69) is 0 Å². The molecule has 0 bridgehead atoms. The Kier molecular flexibility index (Phi) is 2.28. The van der Waals surface area contributed by atoms with Crippen molar-refractivity contribution in [3.63, 3.8) is 0 Å². The Bertz CT molecular complexity index is 114. The van der Waals surface area contributed by atoms with E-state index in [-0.39, 0.29) is 17.3 Å². The average Bonchev–Trinajstić information content (AvgIpc) is 1.87. The molecule has 2 unspecified atom stereocenters. The second-order valence-corrected chi connectivity index (χ2v) is 3.23. The SMILES string of the molecule is C[N+]1([O-])CCCCC1CO. The van der Waals surface area contributed by atoms with Crippen molar-refractivity contribution in [1.29, 1.82) is 0 Å². The van der Waals surface area contributed by atoms with Crippen LogP contribution in [0.25, 0.3) is 0 Å². The van der Waals surface area contributed by atoms with Crippen LogP contribution in [0.5, 0.6) is 0 Å². The smallest absolute Gasteiger partial charge is 0.112 e. The fourth-order valence-electron chi connectivity index (χ4n) is 1.53. The lowest BCUT2D eigenvalue weighted by Gasteiger charge is -2.47. The number of aliphatic hydroxyl groups excluding tert-OH is 1. The molecule has 0 aromatic carbocycles. The van der Waals surface area contributed by atoms with Crippen LogP contribution >= 0.6 is 0 Å². The first-order chi connectivity index (χ1) is 4.67. The van der Waals surface area contributed by atoms with Crippen LogP contribution in [-0.2, 0) is 0 Å². The molecule has 0 spiro atoms. The van der Waals surface area contributed by atoms with E-state index in [1.54, 1.807) is 7.05 Å². The van der Waals surface area contributed by atoms with Gasteiger partial charge in [-0.25, -0.2) is 0 Å². The van der Waals surface area contributed by atoms with Gasteiger partial charge in [0, 0.05) is 6.42 Å². The van der Waals surface area contributed by atoms with Crippen LogP contribution in [0, 0.1) is 5.21 Å². The minimum atomic E-state index is -0.240. The van der Waals surface area contributed by atoms with Gasteiger partial charge in [-0.2, -0.15) is 0 Å². The van der Waals surface area contributed by atoms with Crippen LogP contribution in [0.2, 0.25) is 0 Å². The number of rotatable bonds is 1. The number of quaternary nitrogens is 1. The predicted molar refractivity (Wildman–Crippen MR) is 39.1 cm³/mol. The molecule has 3 heteroatoms. The number of nitrogens with zero attached hydrogens (tertiary/aromatic N) is 1. The molecule has 1 N–H and O–H groups in total. The highest BCUT2D eigenvalue weighted by molar-refractivity contribution is 4.64. The number of likely N-dealkylation sites (N-methyl/N-ethyl adjacent to an activating group) is 1. The van der Waals surface area contributed by atoms with Crippen molar-refractivity contribution in [1.82, 2.24) is 0 Å². The normalized spacial score (nSPS) is 41.7. The second kappa shape index (κ2) is 2.86. The largest absolute Gasteiger partial charge is 0.633 e. The van der Waals surface area contributed by atoms with Crippen molar-refractivity contribution in [3.05, 3.63) is 5.21 Å². The molecule has 1 fully saturated rings. The average molecular weight is 145 g/mol. The summed E-state index contributed by atoms with van der Waals surface area (Å²) in [5, 5.41) is 20.3. The lowest BCUT2D eigenvalue weighted by atomic mass is 10.0. The van der Waals surface area contributed by atoms with Crippen LogP contribution in [0.1, 0.15) is 19.3 Å². The van der Waals surface area contributed by atoms with Crippen LogP contribution in [-0.4, -0.2) is 36.0 Å². The van der Waals surface area contributed by atoms with Gasteiger partial charge in [-0.1, -0.05) is 0 Å². The molecule has 0 amide bonds. The molecule has 2 atom stereocenters. The minimum Gasteiger partial charge on any atom is -0.633 e. The summed E-state index contributed by atoms with van der Waals surface area (Å²) in [4.78, 5) is 0. The molecule has 0 aliphatic carbocycles. The zero-order valence-corrected chi connectivity index (χ0v) is 6.42. The Morgan fingerprint density at radius 3 is 2.70 bits per heavy atom. The van der Waals surface area contributed by atoms with E-state index in [0.717, 1.165) is 19.3 Å². The lowest BCUT2D eigenvalue weighted by molar-refractivity contribution is -0.892. The third-order valence-electron chi connectivity index (χ3n) is 2.37. The van der Waals surface area contributed by atoms with Gasteiger partial charge in [-0.3, -0.25) is 0 Å². The molecule has 3 nitrogen and oxygen atoms in total. The highest BCUT2D eigenvalue weighted by Crippen LogP contribution is 2.21. The molecule has 1 aliphatic rings. The van der Waals surface area contributed by atoms with Crippen molar-refractivity contribution >= 4 is 0 Å². The number of hydroxylamine groups is 3. The maximum Gasteiger partial charge on any atom is 0.112 e. The van der Waals surface area contributed by atoms with Gasteiger partial charge in [-0.15, -0.1) is 0 Å². The summed E-state index contributed by atoms with van der Waals surface area (Å²) in [6.07, 6.45) is 2.99. The summed E-state index contributed by atoms with van der Waals surface area (Å²) in [5.41, 5.74) is 0. The molecule has 0 saturated carbocycles. The van der Waals surface area contributed by atoms with Gasteiger partial charge >= 0.3 is 0 Å². The van der Waals surface area contributed by atoms with Gasteiger partial charge in [0.15, 0.2) is 0 Å². The van der Waals surface area contributed by atoms with E-state index in [1.807, 2.05) is 0 Å². The molecule has 0 aromatic rings. The van der Waals surface area contributed by atoms with E-state index in [1.165, 1.54) is 0 Å². The van der Waals surface area contributed by atoms with Gasteiger partial charge in [0.1, 0.15) is 6.04 Å². The van der Waals surface area contributed by atoms with Gasteiger partial charge in [-0.05, 0) is 12.8 Å². The second-order valence-electron chi connectivity index (χ2n) is 3.23.